The van der Waals surface area contributed by atoms with Gasteiger partial charge in [0.05, 0.1) is 5.02 Å². The second kappa shape index (κ2) is 6.79. The van der Waals surface area contributed by atoms with Crippen molar-refractivity contribution in [3.63, 3.8) is 0 Å². The summed E-state index contributed by atoms with van der Waals surface area (Å²) in [4.78, 5) is 0. The number of aromatic hydroxyl groups is 1. The highest BCUT2D eigenvalue weighted by Gasteiger charge is 2.21. The maximum Gasteiger partial charge on any atom is 0.185 e. The van der Waals surface area contributed by atoms with Crippen molar-refractivity contribution in [1.29, 1.82) is 0 Å². The van der Waals surface area contributed by atoms with Gasteiger partial charge in [0.25, 0.3) is 0 Å². The van der Waals surface area contributed by atoms with Gasteiger partial charge in [-0.2, -0.15) is 0 Å². The van der Waals surface area contributed by atoms with E-state index in [1.54, 1.807) is 0 Å². The average Bonchev–Trinajstić information content (AvgIpc) is 2.32. The largest absolute Gasteiger partial charge is 0.506 e. The molecule has 0 radical (unpaired) electrons. The predicted molar refractivity (Wildman–Crippen MR) is 72.8 cm³/mol. The zero-order valence-corrected chi connectivity index (χ0v) is 12.2. The summed E-state index contributed by atoms with van der Waals surface area (Å²) in [6.07, 6.45) is 3.59. The average molecular weight is 318 g/mol. The molecule has 96 valence electrons. The predicted octanol–water partition coefficient (Wildman–Crippen LogP) is 5.62. The van der Waals surface area contributed by atoms with Crippen molar-refractivity contribution in [2.24, 2.45) is 0 Å². The van der Waals surface area contributed by atoms with E-state index < -0.39 is 0 Å². The van der Waals surface area contributed by atoms with Crippen LogP contribution in [0.5, 0.6) is 11.5 Å². The Bertz CT molecular complexity index is 407. The lowest BCUT2D eigenvalue weighted by molar-refractivity contribution is 0.465. The summed E-state index contributed by atoms with van der Waals surface area (Å²) in [5.41, 5.74) is 0.519. The lowest BCUT2D eigenvalue weighted by atomic mass is 10.1. The highest BCUT2D eigenvalue weighted by atomic mass is 35.5. The SMILES string of the molecule is CCCCCc1c(O)c(Cl)c(Cl)c(OCl)c1Cl. The Kier molecular flexibility index (Phi) is 6.01. The lowest BCUT2D eigenvalue weighted by Gasteiger charge is -2.13. The second-order valence-electron chi connectivity index (χ2n) is 3.63. The summed E-state index contributed by atoms with van der Waals surface area (Å²) < 4.78 is 4.57. The Labute approximate surface area is 121 Å². The minimum atomic E-state index is -0.102. The molecule has 0 aromatic heterocycles. The summed E-state index contributed by atoms with van der Waals surface area (Å²) in [6.45, 7) is 2.09. The molecule has 0 spiro atoms. The molecule has 0 amide bonds. The highest BCUT2D eigenvalue weighted by molar-refractivity contribution is 6.46. The second-order valence-corrected chi connectivity index (χ2v) is 4.92. The summed E-state index contributed by atoms with van der Waals surface area (Å²) in [5, 5.41) is 10.1. The molecule has 0 saturated carbocycles. The number of benzene rings is 1. The van der Waals surface area contributed by atoms with Crippen molar-refractivity contribution >= 4 is 46.7 Å². The number of hydrogen-bond acceptors (Lipinski definition) is 2. The first-order chi connectivity index (χ1) is 8.04. The number of hydrogen-bond donors (Lipinski definition) is 1. The van der Waals surface area contributed by atoms with Crippen LogP contribution in [-0.4, -0.2) is 5.11 Å². The number of halogens is 4. The van der Waals surface area contributed by atoms with E-state index >= 15 is 0 Å². The van der Waals surface area contributed by atoms with Crippen LogP contribution in [0.3, 0.4) is 0 Å². The van der Waals surface area contributed by atoms with Gasteiger partial charge in [-0.05, 0) is 12.8 Å². The van der Waals surface area contributed by atoms with Gasteiger partial charge in [-0.25, -0.2) is 0 Å². The maximum atomic E-state index is 9.88. The molecule has 0 bridgehead atoms. The lowest BCUT2D eigenvalue weighted by Crippen LogP contribution is -1.93. The highest BCUT2D eigenvalue weighted by Crippen LogP contribution is 2.47. The fraction of sp³-hybridized carbons (Fsp3) is 0.455. The van der Waals surface area contributed by atoms with Crippen molar-refractivity contribution in [3.05, 3.63) is 20.6 Å². The zero-order valence-electron chi connectivity index (χ0n) is 9.20. The molecule has 6 heteroatoms. The van der Waals surface area contributed by atoms with E-state index in [9.17, 15) is 5.11 Å². The van der Waals surface area contributed by atoms with Crippen LogP contribution in [0.4, 0.5) is 0 Å². The molecule has 0 unspecified atom stereocenters. The van der Waals surface area contributed by atoms with Gasteiger partial charge < -0.3 is 9.40 Å². The van der Waals surface area contributed by atoms with Crippen LogP contribution < -0.4 is 4.29 Å². The van der Waals surface area contributed by atoms with E-state index in [0.29, 0.717) is 12.0 Å². The van der Waals surface area contributed by atoms with Crippen molar-refractivity contribution in [1.82, 2.24) is 0 Å². The van der Waals surface area contributed by atoms with E-state index in [2.05, 4.69) is 11.2 Å². The van der Waals surface area contributed by atoms with Gasteiger partial charge in [0, 0.05) is 5.56 Å². The molecular formula is C11H12Cl4O2. The summed E-state index contributed by atoms with van der Waals surface area (Å²) >= 11 is 23.1. The van der Waals surface area contributed by atoms with Crippen LogP contribution in [0, 0.1) is 0 Å². The van der Waals surface area contributed by atoms with Gasteiger partial charge in [0.1, 0.15) is 27.7 Å². The Morgan fingerprint density at radius 1 is 1.06 bits per heavy atom. The topological polar surface area (TPSA) is 29.5 Å². The zero-order chi connectivity index (χ0) is 13.0. The fourth-order valence-corrected chi connectivity index (χ4v) is 2.54. The summed E-state index contributed by atoms with van der Waals surface area (Å²) in [5.74, 6) is -0.0143. The molecule has 0 atom stereocenters. The number of phenolic OH excluding ortho intramolecular Hbond substituents is 1. The number of unbranched alkanes of at least 4 members (excludes halogenated alkanes) is 2. The van der Waals surface area contributed by atoms with Crippen LogP contribution in [0.1, 0.15) is 31.7 Å². The van der Waals surface area contributed by atoms with Crippen LogP contribution in [0.2, 0.25) is 15.1 Å². The van der Waals surface area contributed by atoms with E-state index in [-0.39, 0.29) is 26.6 Å². The Morgan fingerprint density at radius 3 is 2.24 bits per heavy atom. The number of rotatable bonds is 5. The molecule has 0 aliphatic carbocycles. The maximum absolute atomic E-state index is 9.88. The van der Waals surface area contributed by atoms with Gasteiger partial charge in [-0.3, -0.25) is 0 Å². The fourth-order valence-electron chi connectivity index (χ4n) is 1.52. The first kappa shape index (κ1) is 15.0. The number of phenols is 1. The van der Waals surface area contributed by atoms with Crippen molar-refractivity contribution in [2.45, 2.75) is 32.6 Å². The van der Waals surface area contributed by atoms with Gasteiger partial charge >= 0.3 is 0 Å². The normalized spacial score (nSPS) is 10.6. The molecule has 1 rings (SSSR count). The van der Waals surface area contributed by atoms with E-state index in [0.717, 1.165) is 19.3 Å². The molecule has 0 aliphatic heterocycles. The standard InChI is InChI=1S/C11H12Cl4O2/c1-2-3-4-5-6-7(12)11(17-15)9(14)8(13)10(6)16/h16H,2-5H2,1H3. The van der Waals surface area contributed by atoms with Crippen LogP contribution >= 0.6 is 46.7 Å². The Balaban J connectivity index is 3.15. The first-order valence-corrected chi connectivity index (χ1v) is 6.65. The quantitative estimate of drug-likeness (QED) is 0.564. The molecule has 1 aromatic rings. The third kappa shape index (κ3) is 3.25. The molecule has 1 aromatic carbocycles. The molecule has 1 N–H and O–H groups in total. The van der Waals surface area contributed by atoms with Crippen molar-refractivity contribution in [3.8, 4) is 11.5 Å². The van der Waals surface area contributed by atoms with E-state index in [1.807, 2.05) is 0 Å². The Morgan fingerprint density at radius 2 is 1.71 bits per heavy atom. The Hall–Kier alpha value is -0.0200. The third-order valence-electron chi connectivity index (χ3n) is 2.46. The first-order valence-electron chi connectivity index (χ1n) is 5.21. The molecule has 0 fully saturated rings. The summed E-state index contributed by atoms with van der Waals surface area (Å²) in [7, 11) is 0. The summed E-state index contributed by atoms with van der Waals surface area (Å²) in [6, 6.07) is 0. The van der Waals surface area contributed by atoms with Crippen LogP contribution in [-0.2, 0) is 6.42 Å². The molecular weight excluding hydrogens is 306 g/mol. The van der Waals surface area contributed by atoms with Crippen molar-refractivity contribution in [2.75, 3.05) is 0 Å². The molecule has 2 nitrogen and oxygen atoms in total. The van der Waals surface area contributed by atoms with E-state index in [1.165, 1.54) is 0 Å². The minimum absolute atomic E-state index is 0.0122. The van der Waals surface area contributed by atoms with Crippen LogP contribution in [0.25, 0.3) is 0 Å². The van der Waals surface area contributed by atoms with Crippen molar-refractivity contribution < 1.29 is 9.40 Å². The monoisotopic (exact) mass is 316 g/mol. The van der Waals surface area contributed by atoms with Gasteiger partial charge in [-0.1, -0.05) is 54.6 Å². The molecule has 0 aliphatic rings. The molecule has 17 heavy (non-hydrogen) atoms. The van der Waals surface area contributed by atoms with Gasteiger partial charge in [0.2, 0.25) is 0 Å². The van der Waals surface area contributed by atoms with Crippen LogP contribution in [0.15, 0.2) is 0 Å². The molecule has 0 heterocycles. The molecule has 0 saturated heterocycles. The van der Waals surface area contributed by atoms with Gasteiger partial charge in [-0.15, -0.1) is 0 Å². The minimum Gasteiger partial charge on any atom is -0.506 e. The smallest absolute Gasteiger partial charge is 0.185 e. The van der Waals surface area contributed by atoms with E-state index in [4.69, 9.17) is 46.7 Å². The third-order valence-corrected chi connectivity index (χ3v) is 3.84. The van der Waals surface area contributed by atoms with Gasteiger partial charge in [0.15, 0.2) is 5.75 Å².